The predicted molar refractivity (Wildman–Crippen MR) is 72.7 cm³/mol. The quantitative estimate of drug-likeness (QED) is 0.921. The van der Waals surface area contributed by atoms with Gasteiger partial charge in [-0.1, -0.05) is 23.2 Å². The topological polar surface area (TPSA) is 47.0 Å². The van der Waals surface area contributed by atoms with Crippen LogP contribution in [0, 0.1) is 0 Å². The number of hydrogen-bond acceptors (Lipinski definition) is 4. The van der Waals surface area contributed by atoms with Crippen molar-refractivity contribution in [2.75, 3.05) is 11.9 Å². The molecule has 0 aromatic carbocycles. The minimum Gasteiger partial charge on any atom is -0.436 e. The summed E-state index contributed by atoms with van der Waals surface area (Å²) < 4.78 is 5.55. The van der Waals surface area contributed by atoms with Gasteiger partial charge < -0.3 is 10.1 Å². The Hall–Kier alpha value is -1.52. The van der Waals surface area contributed by atoms with E-state index in [4.69, 9.17) is 27.9 Å². The van der Waals surface area contributed by atoms with Crippen molar-refractivity contribution in [3.05, 3.63) is 40.6 Å². The van der Waals surface area contributed by atoms with E-state index in [0.29, 0.717) is 34.0 Å². The second kappa shape index (κ2) is 5.89. The highest BCUT2D eigenvalue weighted by Gasteiger charge is 2.10. The average Bonchev–Trinajstić information content (AvgIpc) is 2.37. The lowest BCUT2D eigenvalue weighted by atomic mass is 10.4. The minimum atomic E-state index is 0.296. The lowest BCUT2D eigenvalue weighted by Gasteiger charge is -2.10. The molecule has 0 aliphatic rings. The lowest BCUT2D eigenvalue weighted by Crippen LogP contribution is -2.01. The molecule has 0 aliphatic heterocycles. The Morgan fingerprint density at radius 1 is 1.33 bits per heavy atom. The summed E-state index contributed by atoms with van der Waals surface area (Å²) in [5.41, 5.74) is 0. The summed E-state index contributed by atoms with van der Waals surface area (Å²) >= 11 is 12.0. The standard InChI is InChI=1S/C12H11Cl2N3O/c1-2-16-11-9(13)6-10(14)12(17-11)18-8-4-3-5-15-7-8/h3-7H,2H2,1H3,(H,16,17). The molecule has 2 rings (SSSR count). The molecule has 0 aliphatic carbocycles. The third-order valence-corrected chi connectivity index (χ3v) is 2.65. The van der Waals surface area contributed by atoms with E-state index in [-0.39, 0.29) is 0 Å². The molecule has 0 saturated carbocycles. The number of halogens is 2. The molecule has 0 saturated heterocycles. The molecule has 0 amide bonds. The number of hydrogen-bond donors (Lipinski definition) is 1. The van der Waals surface area contributed by atoms with Crippen molar-refractivity contribution in [3.8, 4) is 11.6 Å². The van der Waals surface area contributed by atoms with Gasteiger partial charge in [0.15, 0.2) is 0 Å². The fourth-order valence-corrected chi connectivity index (χ4v) is 1.80. The van der Waals surface area contributed by atoms with Crippen molar-refractivity contribution in [2.45, 2.75) is 6.92 Å². The highest BCUT2D eigenvalue weighted by atomic mass is 35.5. The minimum absolute atomic E-state index is 0.296. The van der Waals surface area contributed by atoms with Crippen LogP contribution in [0.4, 0.5) is 5.82 Å². The van der Waals surface area contributed by atoms with E-state index in [1.165, 1.54) is 0 Å². The molecular formula is C12H11Cl2N3O. The molecule has 0 radical (unpaired) electrons. The van der Waals surface area contributed by atoms with Gasteiger partial charge in [-0.2, -0.15) is 4.98 Å². The van der Waals surface area contributed by atoms with Gasteiger partial charge in [0.2, 0.25) is 5.88 Å². The normalized spacial score (nSPS) is 10.2. The van der Waals surface area contributed by atoms with Crippen LogP contribution < -0.4 is 10.1 Å². The fraction of sp³-hybridized carbons (Fsp3) is 0.167. The van der Waals surface area contributed by atoms with Crippen LogP contribution >= 0.6 is 23.2 Å². The third kappa shape index (κ3) is 3.03. The number of nitrogens with zero attached hydrogens (tertiary/aromatic N) is 2. The van der Waals surface area contributed by atoms with E-state index in [9.17, 15) is 0 Å². The largest absolute Gasteiger partial charge is 0.436 e. The van der Waals surface area contributed by atoms with E-state index in [1.807, 2.05) is 6.92 Å². The van der Waals surface area contributed by atoms with E-state index in [2.05, 4.69) is 15.3 Å². The van der Waals surface area contributed by atoms with Gasteiger partial charge in [-0.25, -0.2) is 0 Å². The number of rotatable bonds is 4. The first-order valence-electron chi connectivity index (χ1n) is 5.38. The van der Waals surface area contributed by atoms with Crippen molar-refractivity contribution >= 4 is 29.0 Å². The molecule has 4 nitrogen and oxygen atoms in total. The Balaban J connectivity index is 2.30. The van der Waals surface area contributed by atoms with Crippen molar-refractivity contribution in [2.24, 2.45) is 0 Å². The van der Waals surface area contributed by atoms with Gasteiger partial charge in [0.25, 0.3) is 0 Å². The lowest BCUT2D eigenvalue weighted by molar-refractivity contribution is 0.462. The number of aromatic nitrogens is 2. The van der Waals surface area contributed by atoms with Crippen LogP contribution in [-0.2, 0) is 0 Å². The molecule has 6 heteroatoms. The molecule has 0 fully saturated rings. The van der Waals surface area contributed by atoms with Crippen molar-refractivity contribution in [1.82, 2.24) is 9.97 Å². The van der Waals surface area contributed by atoms with Crippen LogP contribution in [0.5, 0.6) is 11.6 Å². The van der Waals surface area contributed by atoms with Crippen molar-refractivity contribution < 1.29 is 4.74 Å². The van der Waals surface area contributed by atoms with Crippen LogP contribution in [0.2, 0.25) is 10.0 Å². The second-order valence-corrected chi connectivity index (χ2v) is 4.24. The monoisotopic (exact) mass is 283 g/mol. The highest BCUT2D eigenvalue weighted by Crippen LogP contribution is 2.33. The summed E-state index contributed by atoms with van der Waals surface area (Å²) in [5, 5.41) is 3.84. The molecule has 2 aromatic heterocycles. The first-order valence-corrected chi connectivity index (χ1v) is 6.14. The van der Waals surface area contributed by atoms with E-state index in [1.54, 1.807) is 30.6 Å². The predicted octanol–water partition coefficient (Wildman–Crippen LogP) is 4.01. The van der Waals surface area contributed by atoms with Gasteiger partial charge in [0.1, 0.15) is 16.6 Å². The Labute approximate surface area is 115 Å². The summed E-state index contributed by atoms with van der Waals surface area (Å²) in [6.45, 7) is 2.66. The maximum atomic E-state index is 6.03. The SMILES string of the molecule is CCNc1nc(Oc2cccnc2)c(Cl)cc1Cl. The smallest absolute Gasteiger partial charge is 0.240 e. The van der Waals surface area contributed by atoms with Crippen LogP contribution in [0.3, 0.4) is 0 Å². The Morgan fingerprint density at radius 2 is 2.17 bits per heavy atom. The molecule has 0 unspecified atom stereocenters. The van der Waals surface area contributed by atoms with Gasteiger partial charge in [0, 0.05) is 12.7 Å². The number of anilines is 1. The zero-order valence-electron chi connectivity index (χ0n) is 9.65. The van der Waals surface area contributed by atoms with Gasteiger partial charge in [-0.3, -0.25) is 4.98 Å². The summed E-state index contributed by atoms with van der Waals surface area (Å²) in [4.78, 5) is 8.18. The number of ether oxygens (including phenoxy) is 1. The number of pyridine rings is 2. The van der Waals surface area contributed by atoms with Gasteiger partial charge in [0.05, 0.1) is 11.2 Å². The maximum absolute atomic E-state index is 6.03. The Bertz CT molecular complexity index is 534. The van der Waals surface area contributed by atoms with Crippen LogP contribution in [0.15, 0.2) is 30.6 Å². The van der Waals surface area contributed by atoms with E-state index in [0.717, 1.165) is 0 Å². The molecule has 18 heavy (non-hydrogen) atoms. The molecule has 2 heterocycles. The van der Waals surface area contributed by atoms with Gasteiger partial charge >= 0.3 is 0 Å². The average molecular weight is 284 g/mol. The highest BCUT2D eigenvalue weighted by molar-refractivity contribution is 6.36. The molecule has 0 spiro atoms. The first-order chi connectivity index (χ1) is 8.70. The molecule has 1 N–H and O–H groups in total. The second-order valence-electron chi connectivity index (χ2n) is 3.43. The Kier molecular flexibility index (Phi) is 4.23. The van der Waals surface area contributed by atoms with Crippen molar-refractivity contribution in [1.29, 1.82) is 0 Å². The summed E-state index contributed by atoms with van der Waals surface area (Å²) in [6, 6.07) is 5.14. The maximum Gasteiger partial charge on any atom is 0.240 e. The Morgan fingerprint density at radius 3 is 2.83 bits per heavy atom. The summed E-state index contributed by atoms with van der Waals surface area (Å²) in [7, 11) is 0. The van der Waals surface area contributed by atoms with E-state index >= 15 is 0 Å². The third-order valence-electron chi connectivity index (χ3n) is 2.09. The van der Waals surface area contributed by atoms with Crippen LogP contribution in [0.1, 0.15) is 6.92 Å². The first kappa shape index (κ1) is 12.9. The molecule has 0 bridgehead atoms. The number of nitrogens with one attached hydrogen (secondary N) is 1. The summed E-state index contributed by atoms with van der Waals surface area (Å²) in [5.74, 6) is 1.41. The van der Waals surface area contributed by atoms with Gasteiger partial charge in [-0.05, 0) is 25.1 Å². The molecular weight excluding hydrogens is 273 g/mol. The summed E-state index contributed by atoms with van der Waals surface area (Å²) in [6.07, 6.45) is 3.24. The van der Waals surface area contributed by atoms with E-state index < -0.39 is 0 Å². The zero-order valence-corrected chi connectivity index (χ0v) is 11.2. The zero-order chi connectivity index (χ0) is 13.0. The van der Waals surface area contributed by atoms with Crippen LogP contribution in [-0.4, -0.2) is 16.5 Å². The molecule has 0 atom stereocenters. The fourth-order valence-electron chi connectivity index (χ4n) is 1.33. The molecule has 2 aromatic rings. The van der Waals surface area contributed by atoms with Gasteiger partial charge in [-0.15, -0.1) is 0 Å². The van der Waals surface area contributed by atoms with Crippen molar-refractivity contribution in [3.63, 3.8) is 0 Å². The van der Waals surface area contributed by atoms with Crippen LogP contribution in [0.25, 0.3) is 0 Å². The molecule has 94 valence electrons.